The molecule has 1 atom stereocenters. The monoisotopic (exact) mass is 242 g/mol. The van der Waals surface area contributed by atoms with Crippen molar-refractivity contribution in [1.29, 1.82) is 0 Å². The van der Waals surface area contributed by atoms with Crippen LogP contribution in [0.15, 0.2) is 18.2 Å². The van der Waals surface area contributed by atoms with Crippen molar-refractivity contribution in [1.82, 2.24) is 0 Å². The minimum absolute atomic E-state index is 0. The molecule has 16 heavy (non-hydrogen) atoms. The predicted octanol–water partition coefficient (Wildman–Crippen LogP) is 1.42. The molecule has 1 aliphatic rings. The molecule has 0 bridgehead atoms. The summed E-state index contributed by atoms with van der Waals surface area (Å²) in [6.45, 7) is 4.11. The van der Waals surface area contributed by atoms with Gasteiger partial charge in [0.2, 0.25) is 0 Å². The molecule has 0 amide bonds. The zero-order chi connectivity index (χ0) is 10.1. The molecular formula is C12H18O3S. The van der Waals surface area contributed by atoms with Crippen molar-refractivity contribution in [3.63, 3.8) is 0 Å². The Hall–Kier alpha value is -0.840. The fraction of sp³-hybridized carbons (Fsp3) is 0.417. The van der Waals surface area contributed by atoms with Crippen molar-refractivity contribution >= 4 is 17.5 Å². The SMILES string of the molecule is CCc1ccc2c(c1)C(=O)C(C)SC2.O.O. The second-order valence-corrected chi connectivity index (χ2v) is 4.99. The smallest absolute Gasteiger partial charge is 0.175 e. The van der Waals surface area contributed by atoms with E-state index in [1.165, 1.54) is 11.1 Å². The van der Waals surface area contributed by atoms with Crippen molar-refractivity contribution < 1.29 is 15.7 Å². The molecule has 0 fully saturated rings. The van der Waals surface area contributed by atoms with E-state index in [0.717, 1.165) is 17.7 Å². The summed E-state index contributed by atoms with van der Waals surface area (Å²) < 4.78 is 0. The van der Waals surface area contributed by atoms with Gasteiger partial charge in [-0.15, -0.1) is 11.8 Å². The van der Waals surface area contributed by atoms with Crippen LogP contribution < -0.4 is 0 Å². The summed E-state index contributed by atoms with van der Waals surface area (Å²) in [4.78, 5) is 11.9. The molecular weight excluding hydrogens is 224 g/mol. The Morgan fingerprint density at radius 1 is 1.38 bits per heavy atom. The van der Waals surface area contributed by atoms with Crippen molar-refractivity contribution in [2.45, 2.75) is 31.3 Å². The van der Waals surface area contributed by atoms with Crippen molar-refractivity contribution in [2.75, 3.05) is 0 Å². The fourth-order valence-electron chi connectivity index (χ4n) is 1.71. The number of Topliss-reactive ketones (excluding diaryl/α,β-unsaturated/α-hetero) is 1. The van der Waals surface area contributed by atoms with E-state index in [1.807, 2.05) is 6.92 Å². The summed E-state index contributed by atoms with van der Waals surface area (Å²) in [5, 5.41) is 0.134. The Bertz CT molecular complexity index is 377. The van der Waals surface area contributed by atoms with Gasteiger partial charge in [0.1, 0.15) is 0 Å². The molecule has 4 heteroatoms. The van der Waals surface area contributed by atoms with Crippen LogP contribution in [-0.4, -0.2) is 22.0 Å². The molecule has 0 spiro atoms. The molecule has 0 aliphatic carbocycles. The lowest BCUT2D eigenvalue weighted by Gasteiger charge is -2.20. The van der Waals surface area contributed by atoms with Gasteiger partial charge in [0, 0.05) is 11.3 Å². The average molecular weight is 242 g/mol. The third-order valence-electron chi connectivity index (χ3n) is 2.71. The second kappa shape index (κ2) is 6.03. The lowest BCUT2D eigenvalue weighted by molar-refractivity contribution is 0.0991. The zero-order valence-corrected chi connectivity index (χ0v) is 10.4. The maximum absolute atomic E-state index is 11.9. The number of benzene rings is 1. The highest BCUT2D eigenvalue weighted by atomic mass is 32.2. The van der Waals surface area contributed by atoms with Gasteiger partial charge < -0.3 is 11.0 Å². The van der Waals surface area contributed by atoms with E-state index in [2.05, 4.69) is 25.1 Å². The van der Waals surface area contributed by atoms with E-state index in [4.69, 9.17) is 0 Å². The largest absolute Gasteiger partial charge is 0.412 e. The molecule has 3 nitrogen and oxygen atoms in total. The van der Waals surface area contributed by atoms with Crippen LogP contribution in [0, 0.1) is 0 Å². The minimum Gasteiger partial charge on any atom is -0.412 e. The highest BCUT2D eigenvalue weighted by Gasteiger charge is 2.24. The normalized spacial score (nSPS) is 18.1. The molecule has 0 radical (unpaired) electrons. The second-order valence-electron chi connectivity index (χ2n) is 3.66. The van der Waals surface area contributed by atoms with Gasteiger partial charge >= 0.3 is 0 Å². The highest BCUT2D eigenvalue weighted by molar-refractivity contribution is 8.00. The summed E-state index contributed by atoms with van der Waals surface area (Å²) in [5.74, 6) is 1.28. The van der Waals surface area contributed by atoms with Crippen LogP contribution in [0.25, 0.3) is 0 Å². The number of thioether (sulfide) groups is 1. The Morgan fingerprint density at radius 3 is 2.69 bits per heavy atom. The number of hydrogen-bond donors (Lipinski definition) is 0. The van der Waals surface area contributed by atoms with E-state index >= 15 is 0 Å². The molecule has 1 aromatic rings. The quantitative estimate of drug-likeness (QED) is 0.746. The third-order valence-corrected chi connectivity index (χ3v) is 3.90. The predicted molar refractivity (Wildman–Crippen MR) is 68.1 cm³/mol. The zero-order valence-electron chi connectivity index (χ0n) is 9.54. The summed E-state index contributed by atoms with van der Waals surface area (Å²) >= 11 is 1.73. The highest BCUT2D eigenvalue weighted by Crippen LogP contribution is 2.30. The van der Waals surface area contributed by atoms with Crippen LogP contribution in [0.3, 0.4) is 0 Å². The molecule has 1 aromatic carbocycles. The van der Waals surface area contributed by atoms with Crippen LogP contribution in [-0.2, 0) is 12.2 Å². The van der Waals surface area contributed by atoms with E-state index in [9.17, 15) is 4.79 Å². The molecule has 4 N–H and O–H groups in total. The van der Waals surface area contributed by atoms with Crippen LogP contribution in [0.2, 0.25) is 0 Å². The first-order chi connectivity index (χ1) is 6.72. The van der Waals surface area contributed by atoms with Crippen LogP contribution >= 0.6 is 11.8 Å². The van der Waals surface area contributed by atoms with Crippen LogP contribution in [0.1, 0.15) is 35.3 Å². The first-order valence-corrected chi connectivity index (χ1v) is 6.05. The molecule has 0 saturated heterocycles. The Labute approximate surface area is 99.9 Å². The van der Waals surface area contributed by atoms with Gasteiger partial charge in [-0.1, -0.05) is 19.1 Å². The Balaban J connectivity index is 0.00000112. The lowest BCUT2D eigenvalue weighted by atomic mass is 9.98. The van der Waals surface area contributed by atoms with Crippen LogP contribution in [0.5, 0.6) is 0 Å². The molecule has 2 rings (SSSR count). The van der Waals surface area contributed by atoms with Crippen molar-refractivity contribution in [2.24, 2.45) is 0 Å². The number of rotatable bonds is 1. The van der Waals surface area contributed by atoms with Crippen molar-refractivity contribution in [3.8, 4) is 0 Å². The topological polar surface area (TPSA) is 80.1 Å². The summed E-state index contributed by atoms with van der Waals surface area (Å²) in [5.41, 5.74) is 3.42. The average Bonchev–Trinajstić information content (AvgIpc) is 2.23. The molecule has 1 heterocycles. The molecule has 1 aliphatic heterocycles. The fourth-order valence-corrected chi connectivity index (χ4v) is 2.67. The first-order valence-electron chi connectivity index (χ1n) is 5.00. The Morgan fingerprint density at radius 2 is 2.06 bits per heavy atom. The van der Waals surface area contributed by atoms with E-state index < -0.39 is 0 Å². The number of fused-ring (bicyclic) bond motifs is 1. The summed E-state index contributed by atoms with van der Waals surface area (Å²) in [6, 6.07) is 6.29. The number of carbonyl (C=O) groups excluding carboxylic acids is 1. The maximum atomic E-state index is 11.9. The molecule has 0 aromatic heterocycles. The van der Waals surface area contributed by atoms with Crippen molar-refractivity contribution in [3.05, 3.63) is 34.9 Å². The first kappa shape index (κ1) is 15.2. The van der Waals surface area contributed by atoms with E-state index in [0.29, 0.717) is 5.78 Å². The summed E-state index contributed by atoms with van der Waals surface area (Å²) in [6.07, 6.45) is 1.00. The third kappa shape index (κ3) is 2.64. The lowest BCUT2D eigenvalue weighted by Crippen LogP contribution is -2.20. The molecule has 1 unspecified atom stereocenters. The van der Waals surface area contributed by atoms with Crippen LogP contribution in [0.4, 0.5) is 0 Å². The van der Waals surface area contributed by atoms with Gasteiger partial charge in [0.25, 0.3) is 0 Å². The van der Waals surface area contributed by atoms with Gasteiger partial charge in [-0.25, -0.2) is 0 Å². The number of ketones is 1. The Kier molecular flexibility index (Phi) is 5.72. The van der Waals surface area contributed by atoms with Gasteiger partial charge in [-0.05, 0) is 30.5 Å². The number of hydrogen-bond acceptors (Lipinski definition) is 2. The number of aryl methyl sites for hydroxylation is 1. The minimum atomic E-state index is 0. The van der Waals surface area contributed by atoms with E-state index in [-0.39, 0.29) is 16.2 Å². The van der Waals surface area contributed by atoms with E-state index in [1.54, 1.807) is 11.8 Å². The van der Waals surface area contributed by atoms with Gasteiger partial charge in [0.15, 0.2) is 5.78 Å². The summed E-state index contributed by atoms with van der Waals surface area (Å²) in [7, 11) is 0. The van der Waals surface area contributed by atoms with Gasteiger partial charge in [-0.3, -0.25) is 4.79 Å². The molecule has 90 valence electrons. The standard InChI is InChI=1S/C12H14OS.2H2O/c1-3-9-4-5-10-7-14-8(2)12(13)11(10)6-9;;/h4-6,8H,3,7H2,1-2H3;2*1H2. The maximum Gasteiger partial charge on any atom is 0.175 e. The van der Waals surface area contributed by atoms with Gasteiger partial charge in [0.05, 0.1) is 5.25 Å². The number of carbonyl (C=O) groups is 1. The molecule has 0 saturated carbocycles. The van der Waals surface area contributed by atoms with Gasteiger partial charge in [-0.2, -0.15) is 0 Å².